The number of phenols is 1. The van der Waals surface area contributed by atoms with Crippen LogP contribution in [0, 0.1) is 7.14 Å². The maximum atomic E-state index is 9.43. The molecule has 0 spiro atoms. The molecule has 0 saturated heterocycles. The summed E-state index contributed by atoms with van der Waals surface area (Å²) in [6.07, 6.45) is 0. The van der Waals surface area contributed by atoms with Gasteiger partial charge in [-0.15, -0.1) is 0 Å². The fraction of sp³-hybridized carbons (Fsp3) is 0.217. The molecule has 0 atom stereocenters. The van der Waals surface area contributed by atoms with Crippen molar-refractivity contribution in [2.75, 3.05) is 7.11 Å². The number of aromatic hydroxyl groups is 1. The molecule has 0 heterocycles. The Morgan fingerprint density at radius 3 is 2.00 bits per heavy atom. The third-order valence-corrected chi connectivity index (χ3v) is 6.75. The van der Waals surface area contributed by atoms with Crippen molar-refractivity contribution >= 4 is 0 Å². The number of rotatable bonds is 5. The van der Waals surface area contributed by atoms with E-state index in [2.05, 4.69) is 57.2 Å². The van der Waals surface area contributed by atoms with Crippen LogP contribution in [0.2, 0.25) is 0 Å². The predicted molar refractivity (Wildman–Crippen MR) is 104 cm³/mol. The Morgan fingerprint density at radius 2 is 1.41 bits per heavy atom. The topological polar surface area (TPSA) is 38.7 Å². The van der Waals surface area contributed by atoms with Crippen LogP contribution in [-0.2, 0) is 5.41 Å². The molecule has 0 radical (unpaired) electrons. The Bertz CT molecular complexity index is 894. The second-order valence-corrected chi connectivity index (χ2v) is 10.3. The van der Waals surface area contributed by atoms with Gasteiger partial charge in [0.1, 0.15) is 11.5 Å². The van der Waals surface area contributed by atoms with Crippen LogP contribution in [0.3, 0.4) is 0 Å². The lowest BCUT2D eigenvalue weighted by molar-refractivity contribution is -0.597. The highest BCUT2D eigenvalue weighted by molar-refractivity contribution is 5.43. The number of halogens is 1. The minimum Gasteiger partial charge on any atom is -0.508 e. The molecular weight excluding hydrogens is 451 g/mol. The van der Waals surface area contributed by atoms with Gasteiger partial charge in [-0.25, -0.2) is 0 Å². The molecular formula is C23H24IO3+. The van der Waals surface area contributed by atoms with Crippen molar-refractivity contribution in [3.63, 3.8) is 0 Å². The van der Waals surface area contributed by atoms with Crippen LogP contribution in [0.5, 0.6) is 23.0 Å². The third kappa shape index (κ3) is 5.16. The van der Waals surface area contributed by atoms with E-state index in [-0.39, 0.29) is 32.4 Å². The second kappa shape index (κ2) is 8.21. The SMILES string of the molecule is COc1ccc([I+]c2ccc(C(C)(C)C)cc2)cc1Oc1ccc(O)cc1. The van der Waals surface area contributed by atoms with Gasteiger partial charge in [-0.1, -0.05) is 32.9 Å². The fourth-order valence-corrected chi connectivity index (χ4v) is 4.81. The van der Waals surface area contributed by atoms with E-state index in [1.54, 1.807) is 31.4 Å². The van der Waals surface area contributed by atoms with E-state index >= 15 is 0 Å². The van der Waals surface area contributed by atoms with E-state index in [1.165, 1.54) is 12.7 Å². The minimum absolute atomic E-state index is 0.169. The molecule has 0 fully saturated rings. The molecule has 0 amide bonds. The fourth-order valence-electron chi connectivity index (χ4n) is 2.57. The molecule has 3 aromatic rings. The van der Waals surface area contributed by atoms with Gasteiger partial charge >= 0.3 is 21.2 Å². The molecule has 0 aliphatic carbocycles. The molecule has 0 bridgehead atoms. The Hall–Kier alpha value is -2.21. The molecule has 1 N–H and O–H groups in total. The highest BCUT2D eigenvalue weighted by atomic mass is 127. The first kappa shape index (κ1) is 19.5. The van der Waals surface area contributed by atoms with Crippen LogP contribution >= 0.6 is 0 Å². The Labute approximate surface area is 171 Å². The standard InChI is InChI=1S/C23H23IO3/c1-23(2,3)16-5-7-17(8-6-16)24-18-9-14-21(26-4)22(15-18)27-20-12-10-19(25)11-13-20/h5-15H,1-4H3/p+1. The van der Waals surface area contributed by atoms with Gasteiger partial charge in [-0.2, -0.15) is 0 Å². The zero-order valence-corrected chi connectivity index (χ0v) is 18.2. The highest BCUT2D eigenvalue weighted by Crippen LogP contribution is 2.31. The summed E-state index contributed by atoms with van der Waals surface area (Å²) in [4.78, 5) is 0. The van der Waals surface area contributed by atoms with Crippen LogP contribution in [0.15, 0.2) is 66.7 Å². The van der Waals surface area contributed by atoms with Gasteiger partial charge in [0.2, 0.25) is 0 Å². The molecule has 3 aromatic carbocycles. The maximum absolute atomic E-state index is 9.43. The van der Waals surface area contributed by atoms with Gasteiger partial charge in [-0.3, -0.25) is 0 Å². The zero-order valence-electron chi connectivity index (χ0n) is 16.0. The average molecular weight is 475 g/mol. The van der Waals surface area contributed by atoms with Crippen LogP contribution in [0.25, 0.3) is 0 Å². The van der Waals surface area contributed by atoms with Crippen molar-refractivity contribution in [3.05, 3.63) is 79.4 Å². The number of ether oxygens (including phenoxy) is 2. The first-order valence-corrected chi connectivity index (χ1v) is 10.9. The summed E-state index contributed by atoms with van der Waals surface area (Å²) in [5.74, 6) is 2.26. The van der Waals surface area contributed by atoms with E-state index < -0.39 is 0 Å². The first-order valence-electron chi connectivity index (χ1n) is 8.75. The molecule has 0 saturated carbocycles. The molecule has 27 heavy (non-hydrogen) atoms. The van der Waals surface area contributed by atoms with Crippen molar-refractivity contribution in [2.45, 2.75) is 26.2 Å². The maximum Gasteiger partial charge on any atom is 0.358 e. The van der Waals surface area contributed by atoms with Crippen LogP contribution in [-0.4, -0.2) is 12.2 Å². The van der Waals surface area contributed by atoms with Crippen molar-refractivity contribution < 1.29 is 35.8 Å². The molecule has 3 rings (SSSR count). The van der Waals surface area contributed by atoms with E-state index in [1.807, 2.05) is 6.07 Å². The Morgan fingerprint density at radius 1 is 0.778 bits per heavy atom. The third-order valence-electron chi connectivity index (χ3n) is 4.12. The predicted octanol–water partition coefficient (Wildman–Crippen LogP) is 2.62. The van der Waals surface area contributed by atoms with Gasteiger partial charge in [0.25, 0.3) is 0 Å². The molecule has 0 unspecified atom stereocenters. The van der Waals surface area contributed by atoms with E-state index in [9.17, 15) is 5.11 Å². The summed E-state index contributed by atoms with van der Waals surface area (Å²) < 4.78 is 14.0. The quantitative estimate of drug-likeness (QED) is 0.577. The summed E-state index contributed by atoms with van der Waals surface area (Å²) in [7, 11) is 1.64. The van der Waals surface area contributed by atoms with E-state index in [0.29, 0.717) is 17.2 Å². The lowest BCUT2D eigenvalue weighted by atomic mass is 9.87. The summed E-state index contributed by atoms with van der Waals surface area (Å²) in [5.41, 5.74) is 1.52. The number of hydrogen-bond acceptors (Lipinski definition) is 3. The van der Waals surface area contributed by atoms with Gasteiger partial charge in [-0.05, 0) is 59.5 Å². The summed E-state index contributed by atoms with van der Waals surface area (Å²) in [6, 6.07) is 21.7. The van der Waals surface area contributed by atoms with Crippen LogP contribution in [0.1, 0.15) is 26.3 Å². The lowest BCUT2D eigenvalue weighted by Gasteiger charge is -2.18. The van der Waals surface area contributed by atoms with Crippen molar-refractivity contribution in [1.29, 1.82) is 0 Å². The molecule has 0 aromatic heterocycles. The Balaban J connectivity index is 1.81. The summed E-state index contributed by atoms with van der Waals surface area (Å²) in [5, 5.41) is 9.43. The highest BCUT2D eigenvalue weighted by Gasteiger charge is 2.20. The number of benzene rings is 3. The largest absolute Gasteiger partial charge is 0.508 e. The summed E-state index contributed by atoms with van der Waals surface area (Å²) >= 11 is -0.313. The van der Waals surface area contributed by atoms with Crippen LogP contribution < -0.4 is 30.7 Å². The van der Waals surface area contributed by atoms with Crippen molar-refractivity contribution in [2.24, 2.45) is 0 Å². The molecule has 3 nitrogen and oxygen atoms in total. The normalized spacial score (nSPS) is 11.3. The molecule has 140 valence electrons. The zero-order chi connectivity index (χ0) is 19.4. The van der Waals surface area contributed by atoms with Crippen LogP contribution in [0.4, 0.5) is 0 Å². The summed E-state index contributed by atoms with van der Waals surface area (Å²) in [6.45, 7) is 6.69. The Kier molecular flexibility index (Phi) is 5.95. The smallest absolute Gasteiger partial charge is 0.358 e. The average Bonchev–Trinajstić information content (AvgIpc) is 2.64. The second-order valence-electron chi connectivity index (χ2n) is 7.24. The number of phenolic OH excluding ortho intramolecular Hbond substituents is 1. The number of hydrogen-bond donors (Lipinski definition) is 1. The lowest BCUT2D eigenvalue weighted by Crippen LogP contribution is -3.61. The van der Waals surface area contributed by atoms with Gasteiger partial charge in [0, 0.05) is 6.07 Å². The molecule has 0 aliphatic heterocycles. The monoisotopic (exact) mass is 475 g/mol. The van der Waals surface area contributed by atoms with Gasteiger partial charge < -0.3 is 14.6 Å². The molecule has 4 heteroatoms. The van der Waals surface area contributed by atoms with E-state index in [4.69, 9.17) is 9.47 Å². The van der Waals surface area contributed by atoms with Gasteiger partial charge in [0.05, 0.1) is 7.11 Å². The number of methoxy groups -OCH3 is 1. The van der Waals surface area contributed by atoms with Crippen molar-refractivity contribution in [3.8, 4) is 23.0 Å². The van der Waals surface area contributed by atoms with E-state index in [0.717, 1.165) is 0 Å². The van der Waals surface area contributed by atoms with Gasteiger partial charge in [0.15, 0.2) is 18.6 Å². The van der Waals surface area contributed by atoms with Crippen molar-refractivity contribution in [1.82, 2.24) is 0 Å². The minimum atomic E-state index is -0.313. The first-order chi connectivity index (χ1) is 12.8. The molecule has 0 aliphatic rings.